The van der Waals surface area contributed by atoms with Gasteiger partial charge in [0.1, 0.15) is 0 Å². The van der Waals surface area contributed by atoms with Crippen molar-refractivity contribution >= 4 is 17.5 Å². The number of nitrogens with zero attached hydrogens (tertiary/aromatic N) is 2. The molecule has 1 aliphatic heterocycles. The van der Waals surface area contributed by atoms with Gasteiger partial charge in [-0.2, -0.15) is 0 Å². The molecule has 0 aliphatic carbocycles. The zero-order valence-corrected chi connectivity index (χ0v) is 16.4. The Kier molecular flexibility index (Phi) is 5.64. The van der Waals surface area contributed by atoms with Crippen LogP contribution in [0.15, 0.2) is 54.6 Å². The summed E-state index contributed by atoms with van der Waals surface area (Å²) in [6.45, 7) is 5.38. The van der Waals surface area contributed by atoms with Crippen LogP contribution in [0.4, 0.5) is 5.69 Å². The monoisotopic (exact) mass is 364 g/mol. The van der Waals surface area contributed by atoms with Crippen molar-refractivity contribution in [2.75, 3.05) is 25.0 Å². The van der Waals surface area contributed by atoms with Crippen LogP contribution in [0.3, 0.4) is 0 Å². The van der Waals surface area contributed by atoms with E-state index in [9.17, 15) is 9.59 Å². The first-order valence-electron chi connectivity index (χ1n) is 9.73. The zero-order chi connectivity index (χ0) is 19.4. The summed E-state index contributed by atoms with van der Waals surface area (Å²) in [7, 11) is 1.83. The van der Waals surface area contributed by atoms with Crippen molar-refractivity contribution < 1.29 is 9.59 Å². The quantitative estimate of drug-likeness (QED) is 0.750. The molecule has 1 atom stereocenters. The van der Waals surface area contributed by atoms with Crippen molar-refractivity contribution in [1.29, 1.82) is 0 Å². The Morgan fingerprint density at radius 2 is 1.63 bits per heavy atom. The molecule has 0 saturated carbocycles. The van der Waals surface area contributed by atoms with Gasteiger partial charge in [0.15, 0.2) is 0 Å². The molecule has 1 unspecified atom stereocenters. The van der Waals surface area contributed by atoms with Gasteiger partial charge in [-0.05, 0) is 43.9 Å². The Morgan fingerprint density at radius 1 is 1.00 bits per heavy atom. The van der Waals surface area contributed by atoms with Crippen LogP contribution in [0, 0.1) is 0 Å². The van der Waals surface area contributed by atoms with Crippen LogP contribution in [-0.2, 0) is 21.4 Å². The number of hydrogen-bond donors (Lipinski definition) is 0. The van der Waals surface area contributed by atoms with Gasteiger partial charge in [-0.1, -0.05) is 48.5 Å². The maximum absolute atomic E-state index is 13.4. The van der Waals surface area contributed by atoms with Crippen LogP contribution in [0.5, 0.6) is 0 Å². The number of rotatable bonds is 7. The third kappa shape index (κ3) is 3.48. The molecule has 1 heterocycles. The van der Waals surface area contributed by atoms with E-state index in [4.69, 9.17) is 0 Å². The molecule has 0 spiro atoms. The summed E-state index contributed by atoms with van der Waals surface area (Å²) in [4.78, 5) is 29.7. The van der Waals surface area contributed by atoms with E-state index in [-0.39, 0.29) is 11.8 Å². The molecule has 0 aromatic heterocycles. The lowest BCUT2D eigenvalue weighted by Crippen LogP contribution is -2.42. The van der Waals surface area contributed by atoms with Crippen LogP contribution in [-0.4, -0.2) is 36.9 Å². The van der Waals surface area contributed by atoms with Crippen LogP contribution < -0.4 is 4.90 Å². The van der Waals surface area contributed by atoms with Crippen LogP contribution in [0.25, 0.3) is 0 Å². The van der Waals surface area contributed by atoms with Crippen molar-refractivity contribution in [3.8, 4) is 0 Å². The number of para-hydroxylation sites is 1. The molecule has 27 heavy (non-hydrogen) atoms. The Bertz CT molecular complexity index is 814. The number of fused-ring (bicyclic) bond motifs is 1. The van der Waals surface area contributed by atoms with E-state index in [1.54, 1.807) is 4.90 Å². The lowest BCUT2D eigenvalue weighted by atomic mass is 9.73. The van der Waals surface area contributed by atoms with E-state index in [0.29, 0.717) is 32.4 Å². The molecule has 0 radical (unpaired) electrons. The van der Waals surface area contributed by atoms with Gasteiger partial charge in [-0.25, -0.2) is 0 Å². The topological polar surface area (TPSA) is 40.6 Å². The van der Waals surface area contributed by atoms with E-state index in [2.05, 4.69) is 12.1 Å². The summed E-state index contributed by atoms with van der Waals surface area (Å²) in [6.07, 6.45) is 1.51. The smallest absolute Gasteiger partial charge is 0.237 e. The fraction of sp³-hybridized carbons (Fsp3) is 0.391. The third-order valence-electron chi connectivity index (χ3n) is 5.73. The van der Waals surface area contributed by atoms with Crippen LogP contribution >= 0.6 is 0 Å². The lowest BCUT2D eigenvalue weighted by molar-refractivity contribution is -0.131. The van der Waals surface area contributed by atoms with Gasteiger partial charge in [-0.15, -0.1) is 0 Å². The van der Waals surface area contributed by atoms with Crippen LogP contribution in [0.2, 0.25) is 0 Å². The number of benzene rings is 2. The Hall–Kier alpha value is -2.62. The van der Waals surface area contributed by atoms with Crippen molar-refractivity contribution in [3.05, 3.63) is 65.7 Å². The molecular weight excluding hydrogens is 336 g/mol. The van der Waals surface area contributed by atoms with E-state index < -0.39 is 5.41 Å². The SMILES string of the molecule is CCN(CC)C(=O)CCC1(Cc2ccccc2)C(=O)N(C)c2ccccc21. The van der Waals surface area contributed by atoms with E-state index in [0.717, 1.165) is 16.8 Å². The van der Waals surface area contributed by atoms with Gasteiger partial charge in [0.25, 0.3) is 0 Å². The number of carbonyl (C=O) groups excluding carboxylic acids is 2. The molecule has 2 aromatic carbocycles. The van der Waals surface area contributed by atoms with Gasteiger partial charge >= 0.3 is 0 Å². The van der Waals surface area contributed by atoms with Gasteiger partial charge in [-0.3, -0.25) is 9.59 Å². The highest BCUT2D eigenvalue weighted by Crippen LogP contribution is 2.46. The fourth-order valence-corrected chi connectivity index (χ4v) is 4.22. The van der Waals surface area contributed by atoms with Crippen molar-refractivity contribution in [2.45, 2.75) is 38.5 Å². The fourth-order valence-electron chi connectivity index (χ4n) is 4.22. The minimum atomic E-state index is -0.685. The standard InChI is InChI=1S/C23H28N2O2/c1-4-25(5-2)21(26)15-16-23(17-18-11-7-6-8-12-18)19-13-9-10-14-20(19)24(3)22(23)27/h6-14H,4-5,15-17H2,1-3H3. The van der Waals surface area contributed by atoms with Gasteiger partial charge in [0, 0.05) is 32.2 Å². The average Bonchev–Trinajstić information content (AvgIpc) is 2.91. The highest BCUT2D eigenvalue weighted by atomic mass is 16.2. The van der Waals surface area contributed by atoms with Gasteiger partial charge < -0.3 is 9.80 Å². The predicted octanol–water partition coefficient (Wildman–Crippen LogP) is 3.79. The average molecular weight is 364 g/mol. The van der Waals surface area contributed by atoms with Gasteiger partial charge in [0.05, 0.1) is 5.41 Å². The number of anilines is 1. The molecule has 1 aliphatic rings. The zero-order valence-electron chi connectivity index (χ0n) is 16.4. The van der Waals surface area contributed by atoms with Crippen molar-refractivity contribution in [1.82, 2.24) is 4.90 Å². The van der Waals surface area contributed by atoms with E-state index in [1.165, 1.54) is 0 Å². The minimum absolute atomic E-state index is 0.0832. The lowest BCUT2D eigenvalue weighted by Gasteiger charge is -2.29. The van der Waals surface area contributed by atoms with Crippen molar-refractivity contribution in [3.63, 3.8) is 0 Å². The largest absolute Gasteiger partial charge is 0.343 e. The first-order chi connectivity index (χ1) is 13.0. The molecule has 0 bridgehead atoms. The van der Waals surface area contributed by atoms with E-state index >= 15 is 0 Å². The molecule has 0 fully saturated rings. The molecule has 0 N–H and O–H groups in total. The molecule has 4 nitrogen and oxygen atoms in total. The summed E-state index contributed by atoms with van der Waals surface area (Å²) in [5.74, 6) is 0.201. The first-order valence-corrected chi connectivity index (χ1v) is 9.73. The molecule has 0 saturated heterocycles. The molecule has 142 valence electrons. The maximum Gasteiger partial charge on any atom is 0.237 e. The Labute approximate surface area is 161 Å². The number of hydrogen-bond acceptors (Lipinski definition) is 2. The second-order valence-corrected chi connectivity index (χ2v) is 7.19. The number of amides is 2. The molecule has 2 amide bonds. The minimum Gasteiger partial charge on any atom is -0.343 e. The number of carbonyl (C=O) groups is 2. The summed E-state index contributed by atoms with van der Waals surface area (Å²) < 4.78 is 0. The predicted molar refractivity (Wildman–Crippen MR) is 109 cm³/mol. The first kappa shape index (κ1) is 19.2. The highest BCUT2D eigenvalue weighted by molar-refractivity contribution is 6.08. The highest BCUT2D eigenvalue weighted by Gasteiger charge is 2.49. The van der Waals surface area contributed by atoms with Crippen molar-refractivity contribution in [2.24, 2.45) is 0 Å². The number of likely N-dealkylation sites (N-methyl/N-ethyl adjacent to an activating group) is 1. The third-order valence-corrected chi connectivity index (χ3v) is 5.73. The molecule has 4 heteroatoms. The molecule has 3 rings (SSSR count). The Morgan fingerprint density at radius 3 is 2.30 bits per heavy atom. The maximum atomic E-state index is 13.4. The van der Waals surface area contributed by atoms with Gasteiger partial charge in [0.2, 0.25) is 11.8 Å². The second-order valence-electron chi connectivity index (χ2n) is 7.19. The Balaban J connectivity index is 1.98. The summed E-state index contributed by atoms with van der Waals surface area (Å²) in [6, 6.07) is 18.1. The summed E-state index contributed by atoms with van der Waals surface area (Å²) >= 11 is 0. The normalized spacial score (nSPS) is 18.5. The second kappa shape index (κ2) is 7.95. The summed E-state index contributed by atoms with van der Waals surface area (Å²) in [5.41, 5.74) is 2.42. The van der Waals surface area contributed by atoms with Crippen LogP contribution in [0.1, 0.15) is 37.8 Å². The molecule has 2 aromatic rings. The molecular formula is C23H28N2O2. The summed E-state index contributed by atoms with van der Waals surface area (Å²) in [5, 5.41) is 0. The van der Waals surface area contributed by atoms with E-state index in [1.807, 2.05) is 68.3 Å².